The van der Waals surface area contributed by atoms with Crippen LogP contribution in [0.15, 0.2) is 66.9 Å². The number of aryl methyl sites for hydroxylation is 1. The Morgan fingerprint density at radius 2 is 1.78 bits per heavy atom. The van der Waals surface area contributed by atoms with E-state index in [0.29, 0.717) is 23.2 Å². The molecule has 0 bridgehead atoms. The fourth-order valence-corrected chi connectivity index (χ4v) is 3.85. The average molecular weight is 374 g/mol. The first-order valence-electron chi connectivity index (χ1n) is 8.72. The zero-order valence-corrected chi connectivity index (χ0v) is 15.7. The molecule has 0 radical (unpaired) electrons. The molecule has 0 fully saturated rings. The van der Waals surface area contributed by atoms with Gasteiger partial charge in [-0.2, -0.15) is 0 Å². The zero-order chi connectivity index (χ0) is 18.6. The first-order chi connectivity index (χ1) is 13.2. The number of aromatic nitrogens is 3. The molecule has 0 spiro atoms. The van der Waals surface area contributed by atoms with Crippen LogP contribution in [-0.4, -0.2) is 27.4 Å². The van der Waals surface area contributed by atoms with Gasteiger partial charge in [-0.3, -0.25) is 9.69 Å². The van der Waals surface area contributed by atoms with Crippen LogP contribution in [0.4, 0.5) is 5.13 Å². The van der Waals surface area contributed by atoms with E-state index in [1.165, 1.54) is 16.9 Å². The molecule has 0 aliphatic rings. The van der Waals surface area contributed by atoms with Crippen LogP contribution < -0.4 is 4.90 Å². The fraction of sp³-hybridized carbons (Fsp3) is 0.143. The van der Waals surface area contributed by atoms with Gasteiger partial charge in [-0.25, -0.2) is 15.0 Å². The van der Waals surface area contributed by atoms with Crippen molar-refractivity contribution in [1.29, 1.82) is 0 Å². The number of benzene rings is 2. The molecule has 0 N–H and O–H groups in total. The number of nitrogens with zero attached hydrogens (tertiary/aromatic N) is 4. The summed E-state index contributed by atoms with van der Waals surface area (Å²) in [4.78, 5) is 28.0. The lowest BCUT2D eigenvalue weighted by Crippen LogP contribution is -2.33. The number of carbonyl (C=O) groups excluding carboxylic acids is 1. The van der Waals surface area contributed by atoms with Gasteiger partial charge in [0.1, 0.15) is 11.5 Å². The molecule has 2 aromatic heterocycles. The number of para-hydroxylation sites is 1. The summed E-state index contributed by atoms with van der Waals surface area (Å²) in [6.07, 6.45) is 2.36. The van der Waals surface area contributed by atoms with Crippen LogP contribution in [-0.2, 0) is 6.42 Å². The molecule has 5 nitrogen and oxygen atoms in total. The van der Waals surface area contributed by atoms with Crippen molar-refractivity contribution >= 4 is 32.6 Å². The van der Waals surface area contributed by atoms with E-state index >= 15 is 0 Å². The number of hydrogen-bond donors (Lipinski definition) is 0. The molecule has 6 heteroatoms. The lowest BCUT2D eigenvalue weighted by Gasteiger charge is -2.19. The summed E-state index contributed by atoms with van der Waals surface area (Å²) >= 11 is 1.52. The highest BCUT2D eigenvalue weighted by atomic mass is 32.1. The van der Waals surface area contributed by atoms with Gasteiger partial charge in [-0.1, -0.05) is 53.8 Å². The number of fused-ring (bicyclic) bond motifs is 1. The highest BCUT2D eigenvalue weighted by Crippen LogP contribution is 2.29. The van der Waals surface area contributed by atoms with Crippen molar-refractivity contribution in [2.75, 3.05) is 11.4 Å². The number of rotatable bonds is 5. The predicted molar refractivity (Wildman–Crippen MR) is 108 cm³/mol. The summed E-state index contributed by atoms with van der Waals surface area (Å²) < 4.78 is 1.06. The standard InChI is InChI=1S/C21H18N4OS/c1-15-22-13-11-18(23-15)20(26)25(14-12-16-7-3-2-4-8-16)21-24-17-9-5-6-10-19(17)27-21/h2-11,13H,12,14H2,1H3. The Bertz CT molecular complexity index is 1040. The maximum Gasteiger partial charge on any atom is 0.278 e. The van der Waals surface area contributed by atoms with E-state index in [1.54, 1.807) is 24.1 Å². The van der Waals surface area contributed by atoms with Crippen LogP contribution >= 0.6 is 11.3 Å². The van der Waals surface area contributed by atoms with E-state index < -0.39 is 0 Å². The van der Waals surface area contributed by atoms with Gasteiger partial charge in [0.05, 0.1) is 10.2 Å². The van der Waals surface area contributed by atoms with E-state index in [9.17, 15) is 4.79 Å². The summed E-state index contributed by atoms with van der Waals surface area (Å²) in [5, 5.41) is 0.688. The first kappa shape index (κ1) is 17.3. The van der Waals surface area contributed by atoms with Crippen LogP contribution in [0, 0.1) is 6.92 Å². The maximum atomic E-state index is 13.2. The monoisotopic (exact) mass is 374 g/mol. The third-order valence-corrected chi connectivity index (χ3v) is 5.28. The summed E-state index contributed by atoms with van der Waals surface area (Å²) in [5.41, 5.74) is 2.46. The molecule has 134 valence electrons. The Balaban J connectivity index is 1.68. The Labute approximate surface area is 161 Å². The molecule has 0 saturated carbocycles. The quantitative estimate of drug-likeness (QED) is 0.523. The van der Waals surface area contributed by atoms with Crippen LogP contribution in [0.2, 0.25) is 0 Å². The molecule has 2 aromatic carbocycles. The van der Waals surface area contributed by atoms with Crippen molar-refractivity contribution < 1.29 is 4.79 Å². The van der Waals surface area contributed by atoms with Crippen LogP contribution in [0.1, 0.15) is 21.9 Å². The van der Waals surface area contributed by atoms with Gasteiger partial charge in [0.25, 0.3) is 5.91 Å². The average Bonchev–Trinajstić information content (AvgIpc) is 3.12. The molecule has 0 unspecified atom stereocenters. The van der Waals surface area contributed by atoms with E-state index in [4.69, 9.17) is 0 Å². The third kappa shape index (κ3) is 3.85. The van der Waals surface area contributed by atoms with Crippen LogP contribution in [0.25, 0.3) is 10.2 Å². The van der Waals surface area contributed by atoms with Gasteiger partial charge in [0.2, 0.25) is 0 Å². The summed E-state index contributed by atoms with van der Waals surface area (Å²) in [7, 11) is 0. The summed E-state index contributed by atoms with van der Waals surface area (Å²) in [6.45, 7) is 2.31. The molecular weight excluding hydrogens is 356 g/mol. The van der Waals surface area contributed by atoms with Crippen molar-refractivity contribution in [2.45, 2.75) is 13.3 Å². The molecule has 0 aliphatic carbocycles. The molecule has 4 aromatic rings. The van der Waals surface area contributed by atoms with Gasteiger partial charge in [-0.05, 0) is 37.1 Å². The fourth-order valence-electron chi connectivity index (χ4n) is 2.86. The summed E-state index contributed by atoms with van der Waals surface area (Å²) in [6, 6.07) is 19.7. The van der Waals surface area contributed by atoms with Crippen molar-refractivity contribution in [3.63, 3.8) is 0 Å². The lowest BCUT2D eigenvalue weighted by molar-refractivity contribution is 0.0982. The van der Waals surface area contributed by atoms with Crippen molar-refractivity contribution in [1.82, 2.24) is 15.0 Å². The van der Waals surface area contributed by atoms with E-state index in [0.717, 1.165) is 16.6 Å². The van der Waals surface area contributed by atoms with E-state index in [1.807, 2.05) is 42.5 Å². The molecule has 4 rings (SSSR count). The van der Waals surface area contributed by atoms with Crippen molar-refractivity contribution in [2.24, 2.45) is 0 Å². The molecular formula is C21H18N4OS. The molecule has 2 heterocycles. The number of carbonyl (C=O) groups is 1. The van der Waals surface area contributed by atoms with Gasteiger partial charge >= 0.3 is 0 Å². The van der Waals surface area contributed by atoms with E-state index in [-0.39, 0.29) is 5.91 Å². The zero-order valence-electron chi connectivity index (χ0n) is 14.9. The van der Waals surface area contributed by atoms with Crippen molar-refractivity contribution in [3.8, 4) is 0 Å². The maximum absolute atomic E-state index is 13.2. The Kier molecular flexibility index (Phi) is 4.89. The highest BCUT2D eigenvalue weighted by molar-refractivity contribution is 7.22. The van der Waals surface area contributed by atoms with E-state index in [2.05, 4.69) is 27.1 Å². The number of anilines is 1. The molecule has 1 amide bonds. The van der Waals surface area contributed by atoms with Gasteiger partial charge in [-0.15, -0.1) is 0 Å². The first-order valence-corrected chi connectivity index (χ1v) is 9.53. The highest BCUT2D eigenvalue weighted by Gasteiger charge is 2.22. The third-order valence-electron chi connectivity index (χ3n) is 4.22. The number of hydrogen-bond acceptors (Lipinski definition) is 5. The second-order valence-electron chi connectivity index (χ2n) is 6.15. The number of thiazole rings is 1. The van der Waals surface area contributed by atoms with Crippen LogP contribution in [0.5, 0.6) is 0 Å². The Morgan fingerprint density at radius 1 is 1.00 bits per heavy atom. The summed E-state index contributed by atoms with van der Waals surface area (Å²) in [5.74, 6) is 0.420. The SMILES string of the molecule is Cc1nccc(C(=O)N(CCc2ccccc2)c2nc3ccccc3s2)n1. The van der Waals surface area contributed by atoms with Gasteiger partial charge < -0.3 is 0 Å². The lowest BCUT2D eigenvalue weighted by atomic mass is 10.1. The second-order valence-corrected chi connectivity index (χ2v) is 7.15. The Morgan fingerprint density at radius 3 is 2.56 bits per heavy atom. The van der Waals surface area contributed by atoms with Gasteiger partial charge in [0.15, 0.2) is 5.13 Å². The number of amides is 1. The smallest absolute Gasteiger partial charge is 0.278 e. The normalized spacial score (nSPS) is 10.9. The van der Waals surface area contributed by atoms with Crippen LogP contribution in [0.3, 0.4) is 0 Å². The topological polar surface area (TPSA) is 59.0 Å². The minimum atomic E-state index is -0.157. The molecule has 27 heavy (non-hydrogen) atoms. The predicted octanol–water partition coefficient (Wildman–Crippen LogP) is 4.28. The minimum Gasteiger partial charge on any atom is -0.282 e. The Hall–Kier alpha value is -3.12. The largest absolute Gasteiger partial charge is 0.282 e. The minimum absolute atomic E-state index is 0.157. The second kappa shape index (κ2) is 7.63. The molecule has 0 aliphatic heterocycles. The van der Waals surface area contributed by atoms with Crippen molar-refractivity contribution in [3.05, 3.63) is 83.9 Å². The van der Waals surface area contributed by atoms with Gasteiger partial charge in [0, 0.05) is 12.7 Å². The molecule has 0 saturated heterocycles. The molecule has 0 atom stereocenters.